The lowest BCUT2D eigenvalue weighted by atomic mass is 9.64. The van der Waals surface area contributed by atoms with Crippen LogP contribution in [0.2, 0.25) is 0 Å². The fourth-order valence-corrected chi connectivity index (χ4v) is 3.69. The molecular weight excluding hydrogens is 164 g/mol. The third-order valence-corrected chi connectivity index (χ3v) is 4.20. The molecule has 2 aliphatic carbocycles. The zero-order valence-corrected chi connectivity index (χ0v) is 8.24. The first kappa shape index (κ1) is 8.25. The van der Waals surface area contributed by atoms with E-state index >= 15 is 0 Å². The van der Waals surface area contributed by atoms with Crippen LogP contribution in [0.15, 0.2) is 0 Å². The summed E-state index contributed by atoms with van der Waals surface area (Å²) in [4.78, 5) is 0. The van der Waals surface area contributed by atoms with Gasteiger partial charge in [-0.3, -0.25) is 0 Å². The molecule has 74 valence electrons. The Balaban J connectivity index is 1.81. The van der Waals surface area contributed by atoms with Crippen molar-refractivity contribution in [2.45, 2.75) is 44.5 Å². The number of hydrogen-bond acceptors (Lipinski definition) is 2. The summed E-state index contributed by atoms with van der Waals surface area (Å²) in [5, 5.41) is 0. The van der Waals surface area contributed by atoms with E-state index < -0.39 is 0 Å². The van der Waals surface area contributed by atoms with Crippen LogP contribution in [0.4, 0.5) is 0 Å². The third-order valence-electron chi connectivity index (χ3n) is 4.20. The molecular formula is C11H18O2. The molecule has 2 saturated carbocycles. The van der Waals surface area contributed by atoms with Gasteiger partial charge in [-0.25, -0.2) is 0 Å². The first-order chi connectivity index (χ1) is 6.38. The molecule has 2 heterocycles. The molecule has 0 aromatic rings. The van der Waals surface area contributed by atoms with E-state index in [0.29, 0.717) is 12.0 Å². The van der Waals surface area contributed by atoms with Crippen LogP contribution < -0.4 is 0 Å². The fourth-order valence-electron chi connectivity index (χ4n) is 3.69. The molecule has 0 spiro atoms. The minimum Gasteiger partial charge on any atom is -0.356 e. The topological polar surface area (TPSA) is 18.5 Å². The first-order valence-corrected chi connectivity index (χ1v) is 5.56. The van der Waals surface area contributed by atoms with Gasteiger partial charge >= 0.3 is 0 Å². The highest BCUT2D eigenvalue weighted by molar-refractivity contribution is 4.95. The second-order valence-corrected chi connectivity index (χ2v) is 4.89. The molecule has 4 rings (SSSR count). The Bertz CT molecular complexity index is 190. The number of rotatable bonds is 1. The van der Waals surface area contributed by atoms with Gasteiger partial charge in [0.2, 0.25) is 0 Å². The van der Waals surface area contributed by atoms with Gasteiger partial charge in [0.15, 0.2) is 6.29 Å². The second-order valence-electron chi connectivity index (χ2n) is 4.89. The molecule has 0 aromatic heterocycles. The molecule has 2 nitrogen and oxygen atoms in total. The minimum atomic E-state index is 0.121. The summed E-state index contributed by atoms with van der Waals surface area (Å²) in [6, 6.07) is 0. The fraction of sp³-hybridized carbons (Fsp3) is 1.00. The van der Waals surface area contributed by atoms with Gasteiger partial charge in [-0.1, -0.05) is 6.42 Å². The predicted octanol–water partition coefficient (Wildman–Crippen LogP) is 2.18. The van der Waals surface area contributed by atoms with Crippen molar-refractivity contribution in [3.8, 4) is 0 Å². The van der Waals surface area contributed by atoms with E-state index in [-0.39, 0.29) is 6.29 Å². The van der Waals surface area contributed by atoms with Crippen LogP contribution in [-0.4, -0.2) is 19.5 Å². The Hall–Kier alpha value is -0.0800. The highest BCUT2D eigenvalue weighted by Crippen LogP contribution is 2.50. The van der Waals surface area contributed by atoms with Gasteiger partial charge in [0, 0.05) is 13.0 Å². The summed E-state index contributed by atoms with van der Waals surface area (Å²) < 4.78 is 11.3. The second kappa shape index (κ2) is 2.96. The van der Waals surface area contributed by atoms with Crippen molar-refractivity contribution in [2.75, 3.05) is 7.11 Å². The Morgan fingerprint density at radius 3 is 2.31 bits per heavy atom. The van der Waals surface area contributed by atoms with E-state index in [9.17, 15) is 0 Å². The quantitative estimate of drug-likeness (QED) is 0.619. The number of hydrogen-bond donors (Lipinski definition) is 0. The lowest BCUT2D eigenvalue weighted by Gasteiger charge is -2.53. The van der Waals surface area contributed by atoms with Gasteiger partial charge in [-0.2, -0.15) is 0 Å². The van der Waals surface area contributed by atoms with E-state index in [0.717, 1.165) is 11.8 Å². The molecule has 4 fully saturated rings. The van der Waals surface area contributed by atoms with Crippen molar-refractivity contribution >= 4 is 0 Å². The summed E-state index contributed by atoms with van der Waals surface area (Å²) in [6.07, 6.45) is 7.61. The van der Waals surface area contributed by atoms with Crippen molar-refractivity contribution < 1.29 is 9.47 Å². The summed E-state index contributed by atoms with van der Waals surface area (Å²) in [5.74, 6) is 2.43. The van der Waals surface area contributed by atoms with Crippen molar-refractivity contribution in [1.29, 1.82) is 0 Å². The SMILES string of the molecule is COC1OC2C3CCCC2CC1C3. The highest BCUT2D eigenvalue weighted by atomic mass is 16.7. The van der Waals surface area contributed by atoms with Crippen LogP contribution in [0.25, 0.3) is 0 Å². The molecule has 0 N–H and O–H groups in total. The molecule has 2 saturated heterocycles. The number of ether oxygens (including phenoxy) is 2. The van der Waals surface area contributed by atoms with Crippen LogP contribution in [0, 0.1) is 17.8 Å². The Labute approximate surface area is 79.6 Å². The first-order valence-electron chi connectivity index (χ1n) is 5.56. The standard InChI is InChI=1S/C11H18O2/c1-12-11-9-5-7-3-2-4-8(6-9)10(7)13-11/h7-11H,2-6H2,1H3. The van der Waals surface area contributed by atoms with Crippen molar-refractivity contribution in [2.24, 2.45) is 17.8 Å². The maximum Gasteiger partial charge on any atom is 0.160 e. The molecule has 4 bridgehead atoms. The van der Waals surface area contributed by atoms with Crippen LogP contribution in [0.5, 0.6) is 0 Å². The van der Waals surface area contributed by atoms with Crippen LogP contribution >= 0.6 is 0 Å². The summed E-state index contributed by atoms with van der Waals surface area (Å²) in [7, 11) is 1.78. The van der Waals surface area contributed by atoms with Gasteiger partial charge in [0.05, 0.1) is 6.10 Å². The minimum absolute atomic E-state index is 0.121. The molecule has 3 atom stereocenters. The third kappa shape index (κ3) is 1.15. The van der Waals surface area contributed by atoms with Crippen LogP contribution in [-0.2, 0) is 9.47 Å². The zero-order chi connectivity index (χ0) is 8.84. The predicted molar refractivity (Wildman–Crippen MR) is 49.2 cm³/mol. The molecule has 0 aromatic carbocycles. The molecule has 2 aliphatic heterocycles. The van der Waals surface area contributed by atoms with E-state index in [1.54, 1.807) is 7.11 Å². The van der Waals surface area contributed by atoms with Gasteiger partial charge < -0.3 is 9.47 Å². The molecule has 4 aliphatic rings. The van der Waals surface area contributed by atoms with E-state index in [1.807, 2.05) is 0 Å². The van der Waals surface area contributed by atoms with Gasteiger partial charge in [-0.15, -0.1) is 0 Å². The summed E-state index contributed by atoms with van der Waals surface area (Å²) in [5.41, 5.74) is 0. The largest absolute Gasteiger partial charge is 0.356 e. The normalized spacial score (nSPS) is 53.8. The molecule has 2 heteroatoms. The van der Waals surface area contributed by atoms with Crippen LogP contribution in [0.1, 0.15) is 32.1 Å². The monoisotopic (exact) mass is 182 g/mol. The molecule has 0 radical (unpaired) electrons. The van der Waals surface area contributed by atoms with E-state index in [2.05, 4.69) is 0 Å². The number of fused-ring (bicyclic) bond motifs is 1. The van der Waals surface area contributed by atoms with Gasteiger partial charge in [0.1, 0.15) is 0 Å². The van der Waals surface area contributed by atoms with Crippen molar-refractivity contribution in [3.63, 3.8) is 0 Å². The Kier molecular flexibility index (Phi) is 1.88. The zero-order valence-electron chi connectivity index (χ0n) is 8.24. The smallest absolute Gasteiger partial charge is 0.160 e. The molecule has 13 heavy (non-hydrogen) atoms. The number of methoxy groups -OCH3 is 1. The summed E-state index contributed by atoms with van der Waals surface area (Å²) >= 11 is 0. The molecule has 0 amide bonds. The maximum atomic E-state index is 5.98. The summed E-state index contributed by atoms with van der Waals surface area (Å²) in [6.45, 7) is 0. The van der Waals surface area contributed by atoms with E-state index in [1.165, 1.54) is 32.1 Å². The maximum absolute atomic E-state index is 5.98. The van der Waals surface area contributed by atoms with Crippen molar-refractivity contribution in [1.82, 2.24) is 0 Å². The Morgan fingerprint density at radius 1 is 1.08 bits per heavy atom. The Morgan fingerprint density at radius 2 is 1.77 bits per heavy atom. The van der Waals surface area contributed by atoms with Gasteiger partial charge in [0.25, 0.3) is 0 Å². The lowest BCUT2D eigenvalue weighted by Crippen LogP contribution is -2.53. The lowest BCUT2D eigenvalue weighted by molar-refractivity contribution is -0.280. The average molecular weight is 182 g/mol. The average Bonchev–Trinajstić information content (AvgIpc) is 2.17. The highest BCUT2D eigenvalue weighted by Gasteiger charge is 2.49. The van der Waals surface area contributed by atoms with Gasteiger partial charge in [-0.05, 0) is 37.5 Å². The molecule has 3 unspecified atom stereocenters. The van der Waals surface area contributed by atoms with Crippen molar-refractivity contribution in [3.05, 3.63) is 0 Å². The van der Waals surface area contributed by atoms with E-state index in [4.69, 9.17) is 9.47 Å². The van der Waals surface area contributed by atoms with Crippen LogP contribution in [0.3, 0.4) is 0 Å².